The summed E-state index contributed by atoms with van der Waals surface area (Å²) in [6.07, 6.45) is -5.02. The number of ether oxygens (including phenoxy) is 1. The minimum atomic E-state index is -4.18. The van der Waals surface area contributed by atoms with E-state index < -0.39 is 18.6 Å². The standard InChI is InChI=1S/C16H21F3N2O2.2ClH/c1-12(22)23-14-4-2-3-13(11-14)15(5-6-16(17,18)19)21-9-7-20-8-10-21;;/h2-4,11,15,20H,5-10H2,1H3;2*1H/t15-;;/m1../s1. The van der Waals surface area contributed by atoms with Crippen LogP contribution in [0.2, 0.25) is 0 Å². The van der Waals surface area contributed by atoms with Gasteiger partial charge in [-0.25, -0.2) is 0 Å². The highest BCUT2D eigenvalue weighted by Gasteiger charge is 2.31. The molecule has 1 atom stereocenters. The number of esters is 1. The van der Waals surface area contributed by atoms with Crippen LogP contribution in [0.5, 0.6) is 5.75 Å². The Morgan fingerprint density at radius 2 is 1.92 bits per heavy atom. The molecular formula is C16H23Cl2F3N2O2. The highest BCUT2D eigenvalue weighted by Crippen LogP contribution is 2.33. The summed E-state index contributed by atoms with van der Waals surface area (Å²) in [5, 5.41) is 3.20. The van der Waals surface area contributed by atoms with Crippen molar-refractivity contribution in [1.82, 2.24) is 10.2 Å². The first-order chi connectivity index (χ1) is 10.8. The predicted octanol–water partition coefficient (Wildman–Crippen LogP) is 3.74. The summed E-state index contributed by atoms with van der Waals surface area (Å²) in [6, 6.07) is 6.44. The maximum atomic E-state index is 12.6. The van der Waals surface area contributed by atoms with E-state index >= 15 is 0 Å². The second-order valence-electron chi connectivity index (χ2n) is 5.62. The number of alkyl halides is 3. The number of carbonyl (C=O) groups excluding carboxylic acids is 1. The summed E-state index contributed by atoms with van der Waals surface area (Å²) in [5.41, 5.74) is 0.745. The Kier molecular flexibility index (Phi) is 10.4. The lowest BCUT2D eigenvalue weighted by atomic mass is 9.99. The number of nitrogens with one attached hydrogen (secondary N) is 1. The van der Waals surface area contributed by atoms with E-state index in [0.717, 1.165) is 18.7 Å². The highest BCUT2D eigenvalue weighted by molar-refractivity contribution is 5.85. The fraction of sp³-hybridized carbons (Fsp3) is 0.562. The summed E-state index contributed by atoms with van der Waals surface area (Å²) < 4.78 is 43.0. The maximum Gasteiger partial charge on any atom is 0.389 e. The predicted molar refractivity (Wildman–Crippen MR) is 94.7 cm³/mol. The van der Waals surface area contributed by atoms with Crippen molar-refractivity contribution in [2.75, 3.05) is 26.2 Å². The van der Waals surface area contributed by atoms with Gasteiger partial charge in [0.15, 0.2) is 0 Å². The summed E-state index contributed by atoms with van der Waals surface area (Å²) in [4.78, 5) is 13.1. The van der Waals surface area contributed by atoms with Crippen molar-refractivity contribution in [2.24, 2.45) is 0 Å². The van der Waals surface area contributed by atoms with Gasteiger partial charge in [-0.15, -0.1) is 24.8 Å². The van der Waals surface area contributed by atoms with E-state index in [-0.39, 0.29) is 37.3 Å². The van der Waals surface area contributed by atoms with Gasteiger partial charge >= 0.3 is 12.1 Å². The van der Waals surface area contributed by atoms with E-state index in [0.29, 0.717) is 18.8 Å². The molecule has 1 fully saturated rings. The van der Waals surface area contributed by atoms with E-state index in [1.54, 1.807) is 24.3 Å². The summed E-state index contributed by atoms with van der Waals surface area (Å²) in [7, 11) is 0. The number of rotatable bonds is 5. The van der Waals surface area contributed by atoms with Gasteiger partial charge in [0.05, 0.1) is 0 Å². The number of nitrogens with zero attached hydrogens (tertiary/aromatic N) is 1. The molecule has 0 radical (unpaired) electrons. The van der Waals surface area contributed by atoms with E-state index in [9.17, 15) is 18.0 Å². The molecule has 0 amide bonds. The van der Waals surface area contributed by atoms with Crippen LogP contribution in [-0.2, 0) is 4.79 Å². The number of piperazine rings is 1. The van der Waals surface area contributed by atoms with E-state index in [4.69, 9.17) is 4.74 Å². The Morgan fingerprint density at radius 1 is 1.28 bits per heavy atom. The van der Waals surface area contributed by atoms with Gasteiger partial charge in [-0.05, 0) is 24.1 Å². The average molecular weight is 403 g/mol. The van der Waals surface area contributed by atoms with Crippen LogP contribution < -0.4 is 10.1 Å². The van der Waals surface area contributed by atoms with Crippen molar-refractivity contribution in [1.29, 1.82) is 0 Å². The smallest absolute Gasteiger partial charge is 0.389 e. The first-order valence-electron chi connectivity index (χ1n) is 7.65. The largest absolute Gasteiger partial charge is 0.427 e. The van der Waals surface area contributed by atoms with E-state index in [1.807, 2.05) is 0 Å². The van der Waals surface area contributed by atoms with Gasteiger partial charge in [0.25, 0.3) is 0 Å². The summed E-state index contributed by atoms with van der Waals surface area (Å²) >= 11 is 0. The molecule has 1 saturated heterocycles. The lowest BCUT2D eigenvalue weighted by molar-refractivity contribution is -0.138. The molecule has 1 aromatic rings. The molecule has 1 aliphatic rings. The molecule has 0 unspecified atom stereocenters. The third-order valence-electron chi connectivity index (χ3n) is 3.80. The first-order valence-corrected chi connectivity index (χ1v) is 7.65. The van der Waals surface area contributed by atoms with Crippen molar-refractivity contribution >= 4 is 30.8 Å². The van der Waals surface area contributed by atoms with Crippen molar-refractivity contribution in [3.8, 4) is 5.75 Å². The second-order valence-corrected chi connectivity index (χ2v) is 5.62. The Balaban J connectivity index is 0.00000288. The van der Waals surface area contributed by atoms with Crippen LogP contribution in [0.4, 0.5) is 13.2 Å². The van der Waals surface area contributed by atoms with Gasteiger partial charge in [0.1, 0.15) is 5.75 Å². The molecule has 1 N–H and O–H groups in total. The van der Waals surface area contributed by atoms with Crippen LogP contribution >= 0.6 is 24.8 Å². The van der Waals surface area contributed by atoms with Crippen molar-refractivity contribution in [3.63, 3.8) is 0 Å². The van der Waals surface area contributed by atoms with Crippen molar-refractivity contribution in [2.45, 2.75) is 32.0 Å². The van der Waals surface area contributed by atoms with Crippen LogP contribution in [0, 0.1) is 0 Å². The van der Waals surface area contributed by atoms with Gasteiger partial charge in [-0.1, -0.05) is 12.1 Å². The highest BCUT2D eigenvalue weighted by atomic mass is 35.5. The van der Waals surface area contributed by atoms with Crippen LogP contribution in [0.15, 0.2) is 24.3 Å². The number of hydrogen-bond donors (Lipinski definition) is 1. The molecule has 0 aliphatic carbocycles. The van der Waals surface area contributed by atoms with E-state index in [1.165, 1.54) is 6.92 Å². The van der Waals surface area contributed by atoms with Gasteiger partial charge in [0.2, 0.25) is 0 Å². The molecular weight excluding hydrogens is 380 g/mol. The van der Waals surface area contributed by atoms with E-state index in [2.05, 4.69) is 10.2 Å². The number of carbonyl (C=O) groups is 1. The quantitative estimate of drug-likeness (QED) is 0.601. The lowest BCUT2D eigenvalue weighted by Gasteiger charge is -2.35. The van der Waals surface area contributed by atoms with Gasteiger partial charge in [-0.3, -0.25) is 9.69 Å². The molecule has 1 aliphatic heterocycles. The fourth-order valence-corrected chi connectivity index (χ4v) is 2.81. The minimum absolute atomic E-state index is 0. The maximum absolute atomic E-state index is 12.6. The number of halogens is 5. The SMILES string of the molecule is CC(=O)Oc1cccc([C@@H](CCC(F)(F)F)N2CCNCC2)c1.Cl.Cl. The normalized spacial score (nSPS) is 16.3. The van der Waals surface area contributed by atoms with Crippen molar-refractivity contribution in [3.05, 3.63) is 29.8 Å². The zero-order chi connectivity index (χ0) is 16.9. The molecule has 25 heavy (non-hydrogen) atoms. The fourth-order valence-electron chi connectivity index (χ4n) is 2.81. The number of hydrogen-bond acceptors (Lipinski definition) is 4. The third kappa shape index (κ3) is 8.27. The Labute approximate surface area is 157 Å². The van der Waals surface area contributed by atoms with Crippen LogP contribution in [0.3, 0.4) is 0 Å². The molecule has 0 saturated carbocycles. The second kappa shape index (κ2) is 10.9. The lowest BCUT2D eigenvalue weighted by Crippen LogP contribution is -2.45. The van der Waals surface area contributed by atoms with Gasteiger partial charge < -0.3 is 10.1 Å². The summed E-state index contributed by atoms with van der Waals surface area (Å²) in [5.74, 6) is -0.0849. The number of benzene rings is 1. The molecule has 144 valence electrons. The molecule has 2 rings (SSSR count). The van der Waals surface area contributed by atoms with Crippen molar-refractivity contribution < 1.29 is 22.7 Å². The monoisotopic (exact) mass is 402 g/mol. The minimum Gasteiger partial charge on any atom is -0.427 e. The molecule has 1 heterocycles. The molecule has 0 aromatic heterocycles. The Morgan fingerprint density at radius 3 is 2.48 bits per heavy atom. The molecule has 4 nitrogen and oxygen atoms in total. The Hall–Kier alpha value is -1.02. The summed E-state index contributed by atoms with van der Waals surface area (Å²) in [6.45, 7) is 4.20. The third-order valence-corrected chi connectivity index (χ3v) is 3.80. The average Bonchev–Trinajstić information content (AvgIpc) is 2.47. The van der Waals surface area contributed by atoms with Crippen LogP contribution in [0.1, 0.15) is 31.4 Å². The van der Waals surface area contributed by atoms with Crippen LogP contribution in [-0.4, -0.2) is 43.2 Å². The van der Waals surface area contributed by atoms with Gasteiger partial charge in [0, 0.05) is 45.6 Å². The Bertz CT molecular complexity index is 538. The molecule has 9 heteroatoms. The molecule has 1 aromatic carbocycles. The topological polar surface area (TPSA) is 41.6 Å². The first kappa shape index (κ1) is 24.0. The van der Waals surface area contributed by atoms with Gasteiger partial charge in [-0.2, -0.15) is 13.2 Å². The molecule has 0 bridgehead atoms. The molecule has 0 spiro atoms. The van der Waals surface area contributed by atoms with Crippen LogP contribution in [0.25, 0.3) is 0 Å². The zero-order valence-corrected chi connectivity index (χ0v) is 15.5. The zero-order valence-electron chi connectivity index (χ0n) is 13.8.